The van der Waals surface area contributed by atoms with E-state index in [9.17, 15) is 4.79 Å². The molecule has 1 amide bonds. The summed E-state index contributed by atoms with van der Waals surface area (Å²) in [6.45, 7) is 13.6. The minimum absolute atomic E-state index is 0.170. The number of rotatable bonds is 7. The van der Waals surface area contributed by atoms with E-state index >= 15 is 0 Å². The van der Waals surface area contributed by atoms with E-state index in [1.807, 2.05) is 0 Å². The fraction of sp³-hybridized carbons (Fsp3) is 0.938. The predicted molar refractivity (Wildman–Crippen MR) is 81.1 cm³/mol. The van der Waals surface area contributed by atoms with Crippen LogP contribution in [0.1, 0.15) is 60.3 Å². The minimum atomic E-state index is -0.170. The predicted octanol–water partition coefficient (Wildman–Crippen LogP) is 3.05. The van der Waals surface area contributed by atoms with Crippen molar-refractivity contribution in [2.75, 3.05) is 19.6 Å². The summed E-state index contributed by atoms with van der Waals surface area (Å²) in [7, 11) is 0. The lowest BCUT2D eigenvalue weighted by molar-refractivity contribution is -0.145. The van der Waals surface area contributed by atoms with Crippen LogP contribution >= 0.6 is 0 Å². The highest BCUT2D eigenvalue weighted by Crippen LogP contribution is 2.36. The molecular formula is C16H32N2O. The molecule has 3 nitrogen and oxygen atoms in total. The average molecular weight is 268 g/mol. The lowest BCUT2D eigenvalue weighted by Crippen LogP contribution is -2.51. The summed E-state index contributed by atoms with van der Waals surface area (Å²) in [4.78, 5) is 15.1. The first-order valence-electron chi connectivity index (χ1n) is 7.97. The van der Waals surface area contributed by atoms with Crippen molar-refractivity contribution in [3.8, 4) is 0 Å². The lowest BCUT2D eigenvalue weighted by atomic mass is 9.75. The van der Waals surface area contributed by atoms with Gasteiger partial charge in [-0.2, -0.15) is 0 Å². The first-order chi connectivity index (χ1) is 8.95. The molecule has 1 N–H and O–H groups in total. The van der Waals surface area contributed by atoms with E-state index in [0.717, 1.165) is 32.5 Å². The number of hydrogen-bond acceptors (Lipinski definition) is 2. The molecule has 0 radical (unpaired) electrons. The number of nitrogens with one attached hydrogen (secondary N) is 1. The third-order valence-corrected chi connectivity index (χ3v) is 4.61. The highest BCUT2D eigenvalue weighted by molar-refractivity contribution is 5.84. The average Bonchev–Trinajstić information content (AvgIpc) is 2.84. The zero-order valence-corrected chi connectivity index (χ0v) is 13.5. The van der Waals surface area contributed by atoms with Gasteiger partial charge in [0.2, 0.25) is 5.91 Å². The van der Waals surface area contributed by atoms with Gasteiger partial charge < -0.3 is 10.2 Å². The molecule has 1 saturated heterocycles. The quantitative estimate of drug-likeness (QED) is 0.720. The molecule has 1 unspecified atom stereocenters. The van der Waals surface area contributed by atoms with Gasteiger partial charge in [0.25, 0.3) is 0 Å². The molecule has 0 aromatic heterocycles. The van der Waals surface area contributed by atoms with Gasteiger partial charge in [-0.15, -0.1) is 0 Å². The largest absolute Gasteiger partial charge is 0.340 e. The third-order valence-electron chi connectivity index (χ3n) is 4.61. The first kappa shape index (κ1) is 16.5. The van der Waals surface area contributed by atoms with Crippen LogP contribution in [0.3, 0.4) is 0 Å². The van der Waals surface area contributed by atoms with Crippen molar-refractivity contribution < 1.29 is 4.79 Å². The van der Waals surface area contributed by atoms with Crippen LogP contribution in [0.15, 0.2) is 0 Å². The third kappa shape index (κ3) is 3.71. The molecule has 1 atom stereocenters. The maximum atomic E-state index is 13.0. The number of nitrogens with zero attached hydrogens (tertiary/aromatic N) is 1. The van der Waals surface area contributed by atoms with Gasteiger partial charge >= 0.3 is 0 Å². The number of carbonyl (C=O) groups excluding carboxylic acids is 1. The summed E-state index contributed by atoms with van der Waals surface area (Å²) < 4.78 is 0. The molecule has 112 valence electrons. The van der Waals surface area contributed by atoms with Crippen molar-refractivity contribution in [2.24, 2.45) is 11.3 Å². The Morgan fingerprint density at radius 2 is 1.95 bits per heavy atom. The summed E-state index contributed by atoms with van der Waals surface area (Å²) in [5.41, 5.74) is -0.170. The molecule has 0 aromatic rings. The SMILES string of the molecule is CCCCCN(C(=O)C1(C(C)C)CCNC1)C(C)C. The van der Waals surface area contributed by atoms with Crippen LogP contribution in [0.5, 0.6) is 0 Å². The Kier molecular flexibility index (Phi) is 6.31. The Hall–Kier alpha value is -0.570. The summed E-state index contributed by atoms with van der Waals surface area (Å²) >= 11 is 0. The molecule has 19 heavy (non-hydrogen) atoms. The Bertz CT molecular complexity index is 280. The van der Waals surface area contributed by atoms with E-state index in [0.29, 0.717) is 17.9 Å². The molecule has 0 aromatic carbocycles. The molecular weight excluding hydrogens is 236 g/mol. The Morgan fingerprint density at radius 3 is 2.37 bits per heavy atom. The van der Waals surface area contributed by atoms with Crippen LogP contribution in [0, 0.1) is 11.3 Å². The van der Waals surface area contributed by atoms with Crippen LogP contribution in [0.4, 0.5) is 0 Å². The van der Waals surface area contributed by atoms with Crippen molar-refractivity contribution in [2.45, 2.75) is 66.3 Å². The van der Waals surface area contributed by atoms with Crippen LogP contribution in [-0.2, 0) is 4.79 Å². The van der Waals surface area contributed by atoms with Gasteiger partial charge in [-0.3, -0.25) is 4.79 Å². The van der Waals surface area contributed by atoms with E-state index < -0.39 is 0 Å². The fourth-order valence-corrected chi connectivity index (χ4v) is 3.05. The van der Waals surface area contributed by atoms with Crippen molar-refractivity contribution >= 4 is 5.91 Å². The molecule has 0 spiro atoms. The second kappa shape index (κ2) is 7.28. The Labute approximate surface area is 119 Å². The monoisotopic (exact) mass is 268 g/mol. The van der Waals surface area contributed by atoms with Gasteiger partial charge in [0.05, 0.1) is 5.41 Å². The van der Waals surface area contributed by atoms with Crippen molar-refractivity contribution in [3.63, 3.8) is 0 Å². The zero-order valence-electron chi connectivity index (χ0n) is 13.5. The van der Waals surface area contributed by atoms with Crippen LogP contribution < -0.4 is 5.32 Å². The Morgan fingerprint density at radius 1 is 1.26 bits per heavy atom. The minimum Gasteiger partial charge on any atom is -0.340 e. The van der Waals surface area contributed by atoms with Crippen LogP contribution in [0.2, 0.25) is 0 Å². The summed E-state index contributed by atoms with van der Waals surface area (Å²) in [5.74, 6) is 0.779. The molecule has 0 aliphatic carbocycles. The number of amides is 1. The normalized spacial score (nSPS) is 23.3. The smallest absolute Gasteiger partial charge is 0.230 e. The maximum absolute atomic E-state index is 13.0. The number of hydrogen-bond donors (Lipinski definition) is 1. The van der Waals surface area contributed by atoms with Gasteiger partial charge in [-0.1, -0.05) is 33.6 Å². The van der Waals surface area contributed by atoms with Gasteiger partial charge in [-0.05, 0) is 39.2 Å². The van der Waals surface area contributed by atoms with Crippen molar-refractivity contribution in [3.05, 3.63) is 0 Å². The van der Waals surface area contributed by atoms with Gasteiger partial charge in [0.1, 0.15) is 0 Å². The second-order valence-corrected chi connectivity index (χ2v) is 6.54. The molecule has 0 bridgehead atoms. The van der Waals surface area contributed by atoms with Crippen LogP contribution in [0.25, 0.3) is 0 Å². The molecule has 3 heteroatoms. The maximum Gasteiger partial charge on any atom is 0.230 e. The van der Waals surface area contributed by atoms with Crippen molar-refractivity contribution in [1.82, 2.24) is 10.2 Å². The molecule has 0 saturated carbocycles. The molecule has 1 aliphatic heterocycles. The summed E-state index contributed by atoms with van der Waals surface area (Å²) in [6.07, 6.45) is 4.53. The Balaban J connectivity index is 2.79. The van der Waals surface area contributed by atoms with Crippen molar-refractivity contribution in [1.29, 1.82) is 0 Å². The molecule has 1 heterocycles. The topological polar surface area (TPSA) is 32.3 Å². The van der Waals surface area contributed by atoms with Gasteiger partial charge in [0.15, 0.2) is 0 Å². The van der Waals surface area contributed by atoms with Crippen LogP contribution in [-0.4, -0.2) is 36.5 Å². The zero-order chi connectivity index (χ0) is 14.5. The lowest BCUT2D eigenvalue weighted by Gasteiger charge is -2.39. The molecule has 1 fully saturated rings. The van der Waals surface area contributed by atoms with E-state index in [-0.39, 0.29) is 5.41 Å². The highest BCUT2D eigenvalue weighted by atomic mass is 16.2. The van der Waals surface area contributed by atoms with Gasteiger partial charge in [0, 0.05) is 19.1 Å². The number of unbranched alkanes of at least 4 members (excludes halogenated alkanes) is 2. The van der Waals surface area contributed by atoms with E-state index in [1.165, 1.54) is 12.8 Å². The van der Waals surface area contributed by atoms with Gasteiger partial charge in [-0.25, -0.2) is 0 Å². The van der Waals surface area contributed by atoms with E-state index in [2.05, 4.69) is 44.8 Å². The molecule has 1 aliphatic rings. The first-order valence-corrected chi connectivity index (χ1v) is 7.97. The highest BCUT2D eigenvalue weighted by Gasteiger charge is 2.46. The van der Waals surface area contributed by atoms with E-state index in [4.69, 9.17) is 0 Å². The summed E-state index contributed by atoms with van der Waals surface area (Å²) in [5, 5.41) is 3.39. The molecule has 1 rings (SSSR count). The number of carbonyl (C=O) groups is 1. The standard InChI is InChI=1S/C16H32N2O/c1-6-7-8-11-18(14(4)5)15(19)16(13(2)3)9-10-17-12-16/h13-14,17H,6-12H2,1-5H3. The summed E-state index contributed by atoms with van der Waals surface area (Å²) in [6, 6.07) is 0.306. The second-order valence-electron chi connectivity index (χ2n) is 6.54. The fourth-order valence-electron chi connectivity index (χ4n) is 3.05. The van der Waals surface area contributed by atoms with E-state index in [1.54, 1.807) is 0 Å².